The van der Waals surface area contributed by atoms with Gasteiger partial charge in [-0.2, -0.15) is 0 Å². The van der Waals surface area contributed by atoms with Crippen LogP contribution in [0.25, 0.3) is 0 Å². The smallest absolute Gasteiger partial charge is 0.193 e. The fourth-order valence-electron chi connectivity index (χ4n) is 1.08. The number of anilines is 1. The fraction of sp³-hybridized carbons (Fsp3) is 0.300. The molecule has 0 aliphatic rings. The van der Waals surface area contributed by atoms with E-state index in [-0.39, 0.29) is 12.0 Å². The van der Waals surface area contributed by atoms with Gasteiger partial charge < -0.3 is 11.1 Å². The van der Waals surface area contributed by atoms with Gasteiger partial charge in [0, 0.05) is 12.6 Å². The zero-order valence-electron chi connectivity index (χ0n) is 9.03. The topological polar surface area (TPSA) is 50.4 Å². The van der Waals surface area contributed by atoms with Crippen molar-refractivity contribution in [2.75, 3.05) is 11.9 Å². The number of nitrogens with two attached hydrogens (primary N) is 1. The Bertz CT molecular complexity index is 419. The Morgan fingerprint density at radius 1 is 1.24 bits per heavy atom. The summed E-state index contributed by atoms with van der Waals surface area (Å²) >= 11 is 0. The van der Waals surface area contributed by atoms with Crippen molar-refractivity contribution in [3.05, 3.63) is 29.3 Å². The van der Waals surface area contributed by atoms with Crippen LogP contribution < -0.4 is 11.1 Å². The summed E-state index contributed by atoms with van der Waals surface area (Å²) in [6, 6.07) is 0.120. The molecule has 94 valence electrons. The molecule has 3 nitrogen and oxygen atoms in total. The van der Waals surface area contributed by atoms with Crippen LogP contribution in [0.5, 0.6) is 0 Å². The van der Waals surface area contributed by atoms with E-state index in [0.717, 1.165) is 0 Å². The first-order chi connectivity index (χ1) is 7.97. The molecular weight excluding hydrogens is 238 g/mol. The van der Waals surface area contributed by atoms with Gasteiger partial charge in [0.15, 0.2) is 29.2 Å². The van der Waals surface area contributed by atoms with E-state index in [2.05, 4.69) is 4.99 Å². The molecular formula is C10H11F4N3. The van der Waals surface area contributed by atoms with Crippen LogP contribution >= 0.6 is 0 Å². The van der Waals surface area contributed by atoms with Crippen LogP contribution in [0.2, 0.25) is 0 Å². The molecule has 0 aliphatic carbocycles. The lowest BCUT2D eigenvalue weighted by Gasteiger charge is -2.09. The molecule has 1 aromatic carbocycles. The lowest BCUT2D eigenvalue weighted by atomic mass is 10.2. The average Bonchev–Trinajstić information content (AvgIpc) is 2.29. The van der Waals surface area contributed by atoms with Crippen LogP contribution in [-0.4, -0.2) is 12.5 Å². The number of guanidine groups is 1. The third-order valence-corrected chi connectivity index (χ3v) is 1.87. The van der Waals surface area contributed by atoms with E-state index >= 15 is 0 Å². The van der Waals surface area contributed by atoms with Crippen LogP contribution in [0.3, 0.4) is 0 Å². The standard InChI is InChI=1S/C10H11F4N3/c1-2-3-16-10(15)17-9-7(13)5(11)4-6(12)8(9)14/h4H,2-3H2,1H3,(H3,15,16,17). The van der Waals surface area contributed by atoms with Crippen LogP contribution in [0.15, 0.2) is 11.1 Å². The van der Waals surface area contributed by atoms with E-state index < -0.39 is 29.0 Å². The zero-order valence-corrected chi connectivity index (χ0v) is 9.03. The highest BCUT2D eigenvalue weighted by Gasteiger charge is 2.19. The molecule has 0 aromatic heterocycles. The summed E-state index contributed by atoms with van der Waals surface area (Å²) in [6.45, 7) is 2.15. The molecule has 17 heavy (non-hydrogen) atoms. The number of halogens is 4. The summed E-state index contributed by atoms with van der Waals surface area (Å²) in [5, 5.41) is 1.99. The number of nitrogens with one attached hydrogen (secondary N) is 1. The van der Waals surface area contributed by atoms with Gasteiger partial charge >= 0.3 is 0 Å². The summed E-state index contributed by atoms with van der Waals surface area (Å²) in [5.74, 6) is -6.41. The number of hydrogen-bond donors (Lipinski definition) is 2. The van der Waals surface area contributed by atoms with Crippen LogP contribution in [0, 0.1) is 23.3 Å². The Balaban J connectivity index is 3.06. The minimum absolute atomic E-state index is 0.120. The maximum absolute atomic E-state index is 13.2. The minimum Gasteiger partial charge on any atom is -0.370 e. The van der Waals surface area contributed by atoms with Gasteiger partial charge in [0.05, 0.1) is 0 Å². The van der Waals surface area contributed by atoms with Crippen molar-refractivity contribution in [1.82, 2.24) is 0 Å². The van der Waals surface area contributed by atoms with Gasteiger partial charge in [-0.25, -0.2) is 17.6 Å². The molecule has 0 amide bonds. The van der Waals surface area contributed by atoms with Crippen molar-refractivity contribution < 1.29 is 17.6 Å². The molecule has 0 spiro atoms. The first-order valence-electron chi connectivity index (χ1n) is 4.87. The molecule has 0 bridgehead atoms. The molecule has 7 heteroatoms. The molecule has 3 N–H and O–H groups in total. The summed E-state index contributed by atoms with van der Waals surface area (Å²) in [4.78, 5) is 3.68. The van der Waals surface area contributed by atoms with E-state index in [9.17, 15) is 17.6 Å². The molecule has 0 aliphatic heterocycles. The van der Waals surface area contributed by atoms with Crippen LogP contribution in [0.1, 0.15) is 13.3 Å². The minimum atomic E-state index is -1.54. The Labute approximate surface area is 95.3 Å². The van der Waals surface area contributed by atoms with E-state index in [1.54, 1.807) is 0 Å². The highest BCUT2D eigenvalue weighted by Crippen LogP contribution is 2.23. The number of aliphatic imine (C=N–C) groups is 1. The van der Waals surface area contributed by atoms with E-state index in [4.69, 9.17) is 5.73 Å². The van der Waals surface area contributed by atoms with Crippen molar-refractivity contribution in [2.24, 2.45) is 10.7 Å². The molecule has 1 aromatic rings. The van der Waals surface area contributed by atoms with Gasteiger partial charge in [0.2, 0.25) is 0 Å². The first kappa shape index (κ1) is 13.3. The maximum atomic E-state index is 13.2. The van der Waals surface area contributed by atoms with Gasteiger partial charge in [-0.15, -0.1) is 0 Å². The van der Waals surface area contributed by atoms with E-state index in [1.165, 1.54) is 0 Å². The van der Waals surface area contributed by atoms with Gasteiger partial charge in [-0.05, 0) is 6.42 Å². The van der Waals surface area contributed by atoms with Crippen LogP contribution in [-0.2, 0) is 0 Å². The predicted molar refractivity (Wildman–Crippen MR) is 56.7 cm³/mol. The lowest BCUT2D eigenvalue weighted by molar-refractivity contribution is 0.459. The highest BCUT2D eigenvalue weighted by molar-refractivity contribution is 5.92. The van der Waals surface area contributed by atoms with E-state index in [0.29, 0.717) is 13.0 Å². The van der Waals surface area contributed by atoms with Crippen molar-refractivity contribution in [3.8, 4) is 0 Å². The Kier molecular flexibility index (Phi) is 4.30. The van der Waals surface area contributed by atoms with Crippen LogP contribution in [0.4, 0.5) is 23.2 Å². The number of hydrogen-bond acceptors (Lipinski definition) is 1. The summed E-state index contributed by atoms with van der Waals surface area (Å²) in [6.07, 6.45) is 0.671. The monoisotopic (exact) mass is 249 g/mol. The molecule has 0 unspecified atom stereocenters. The fourth-order valence-corrected chi connectivity index (χ4v) is 1.08. The predicted octanol–water partition coefficient (Wildman–Crippen LogP) is 2.38. The molecule has 0 heterocycles. The number of rotatable bonds is 3. The van der Waals surface area contributed by atoms with E-state index in [1.807, 2.05) is 12.2 Å². The van der Waals surface area contributed by atoms with Gasteiger partial charge in [0.25, 0.3) is 0 Å². The lowest BCUT2D eigenvalue weighted by Crippen LogP contribution is -2.24. The molecule has 0 saturated carbocycles. The molecule has 0 radical (unpaired) electrons. The average molecular weight is 249 g/mol. The van der Waals surface area contributed by atoms with Gasteiger partial charge in [-0.1, -0.05) is 6.92 Å². The second kappa shape index (κ2) is 5.51. The molecule has 1 rings (SSSR count). The van der Waals surface area contributed by atoms with Crippen molar-refractivity contribution in [2.45, 2.75) is 13.3 Å². The largest absolute Gasteiger partial charge is 0.370 e. The molecule has 0 atom stereocenters. The molecule has 0 fully saturated rings. The normalized spacial score (nSPS) is 11.7. The highest BCUT2D eigenvalue weighted by atomic mass is 19.2. The van der Waals surface area contributed by atoms with Gasteiger partial charge in [0.1, 0.15) is 5.69 Å². The summed E-state index contributed by atoms with van der Waals surface area (Å²) in [5.41, 5.74) is 4.30. The van der Waals surface area contributed by atoms with Crippen molar-refractivity contribution in [1.29, 1.82) is 0 Å². The third-order valence-electron chi connectivity index (χ3n) is 1.87. The maximum Gasteiger partial charge on any atom is 0.193 e. The first-order valence-corrected chi connectivity index (χ1v) is 4.87. The SMILES string of the molecule is CCCN=C(N)Nc1c(F)c(F)cc(F)c1F. The molecule has 0 saturated heterocycles. The summed E-state index contributed by atoms with van der Waals surface area (Å²) in [7, 11) is 0. The third kappa shape index (κ3) is 3.08. The Hall–Kier alpha value is -1.79. The second-order valence-corrected chi connectivity index (χ2v) is 3.24. The zero-order chi connectivity index (χ0) is 13.0. The van der Waals surface area contributed by atoms with Crippen molar-refractivity contribution >= 4 is 11.6 Å². The second-order valence-electron chi connectivity index (χ2n) is 3.24. The number of nitrogens with zero attached hydrogens (tertiary/aromatic N) is 1. The number of benzene rings is 1. The van der Waals surface area contributed by atoms with Gasteiger partial charge in [-0.3, -0.25) is 4.99 Å². The summed E-state index contributed by atoms with van der Waals surface area (Å²) < 4.78 is 52.0. The quantitative estimate of drug-likeness (QED) is 0.374. The van der Waals surface area contributed by atoms with Crippen molar-refractivity contribution in [3.63, 3.8) is 0 Å². The Morgan fingerprint density at radius 3 is 2.24 bits per heavy atom. The Morgan fingerprint density at radius 2 is 1.76 bits per heavy atom.